The van der Waals surface area contributed by atoms with E-state index in [-0.39, 0.29) is 5.78 Å². The van der Waals surface area contributed by atoms with Gasteiger partial charge in [-0.25, -0.2) is 0 Å². The zero-order valence-corrected chi connectivity index (χ0v) is 10.1. The summed E-state index contributed by atoms with van der Waals surface area (Å²) in [6.45, 7) is 2.57. The number of carbonyl (C=O) groups is 1. The quantitative estimate of drug-likeness (QED) is 0.866. The summed E-state index contributed by atoms with van der Waals surface area (Å²) >= 11 is 0. The van der Waals surface area contributed by atoms with Crippen molar-refractivity contribution in [1.29, 1.82) is 0 Å². The first-order valence-electron chi connectivity index (χ1n) is 5.96. The minimum atomic E-state index is -0.714. The second kappa shape index (κ2) is 4.98. The molecule has 1 aromatic rings. The van der Waals surface area contributed by atoms with E-state index in [0.29, 0.717) is 26.1 Å². The van der Waals surface area contributed by atoms with Gasteiger partial charge in [-0.2, -0.15) is 0 Å². The summed E-state index contributed by atoms with van der Waals surface area (Å²) < 4.78 is 5.57. The van der Waals surface area contributed by atoms with E-state index >= 15 is 0 Å². The van der Waals surface area contributed by atoms with Crippen molar-refractivity contribution >= 4 is 5.78 Å². The van der Waals surface area contributed by atoms with Crippen molar-refractivity contribution in [2.75, 3.05) is 6.61 Å². The fraction of sp³-hybridized carbons (Fsp3) is 0.500. The van der Waals surface area contributed by atoms with Gasteiger partial charge in [0.05, 0.1) is 24.7 Å². The molecule has 0 bridgehead atoms. The number of ether oxygens (including phenoxy) is 1. The Bertz CT molecular complexity index is 388. The smallest absolute Gasteiger partial charge is 0.143 e. The van der Waals surface area contributed by atoms with Crippen molar-refractivity contribution in [3.8, 4) is 0 Å². The van der Waals surface area contributed by atoms with E-state index in [9.17, 15) is 9.90 Å². The van der Waals surface area contributed by atoms with Gasteiger partial charge in [0, 0.05) is 6.42 Å². The first kappa shape index (κ1) is 12.3. The van der Waals surface area contributed by atoms with E-state index in [2.05, 4.69) is 0 Å². The standard InChI is InChI=1S/C14H18O3/c1-14(12(15)7-8-13(14)16)10-17-9-11-5-3-2-4-6-11/h2-6,12,15H,7-10H2,1H3/t12-,14-/m0/s1. The molecular weight excluding hydrogens is 216 g/mol. The van der Waals surface area contributed by atoms with Crippen LogP contribution in [0.3, 0.4) is 0 Å². The Balaban J connectivity index is 1.88. The highest BCUT2D eigenvalue weighted by Gasteiger charge is 2.45. The summed E-state index contributed by atoms with van der Waals surface area (Å²) in [5.41, 5.74) is 0.366. The van der Waals surface area contributed by atoms with Gasteiger partial charge in [-0.1, -0.05) is 30.3 Å². The molecule has 1 aliphatic rings. The topological polar surface area (TPSA) is 46.5 Å². The first-order valence-corrected chi connectivity index (χ1v) is 5.96. The SMILES string of the molecule is C[C@@]1(COCc2ccccc2)C(=O)CC[C@@H]1O. The Labute approximate surface area is 101 Å². The van der Waals surface area contributed by atoms with Crippen LogP contribution in [0.5, 0.6) is 0 Å². The highest BCUT2D eigenvalue weighted by molar-refractivity contribution is 5.87. The molecule has 2 atom stereocenters. The molecule has 3 nitrogen and oxygen atoms in total. The highest BCUT2D eigenvalue weighted by Crippen LogP contribution is 2.35. The Hall–Kier alpha value is -1.19. The summed E-state index contributed by atoms with van der Waals surface area (Å²) in [6, 6.07) is 9.82. The molecule has 3 heteroatoms. The predicted octanol–water partition coefficient (Wildman–Crippen LogP) is 1.93. The summed E-state index contributed by atoms with van der Waals surface area (Å²) in [4.78, 5) is 11.7. The molecule has 0 radical (unpaired) electrons. The van der Waals surface area contributed by atoms with Gasteiger partial charge >= 0.3 is 0 Å². The van der Waals surface area contributed by atoms with Gasteiger partial charge in [0.15, 0.2) is 0 Å². The third kappa shape index (κ3) is 2.56. The second-order valence-corrected chi connectivity index (χ2v) is 4.87. The molecule has 0 spiro atoms. The van der Waals surface area contributed by atoms with E-state index in [1.807, 2.05) is 30.3 Å². The van der Waals surface area contributed by atoms with Crippen molar-refractivity contribution in [2.45, 2.75) is 32.5 Å². The summed E-state index contributed by atoms with van der Waals surface area (Å²) in [5, 5.41) is 9.81. The Morgan fingerprint density at radius 3 is 2.71 bits per heavy atom. The van der Waals surface area contributed by atoms with Crippen molar-refractivity contribution in [1.82, 2.24) is 0 Å². The molecule has 1 aromatic carbocycles. The Morgan fingerprint density at radius 1 is 1.41 bits per heavy atom. The molecule has 0 aromatic heterocycles. The van der Waals surface area contributed by atoms with Crippen LogP contribution in [-0.4, -0.2) is 23.6 Å². The van der Waals surface area contributed by atoms with E-state index in [4.69, 9.17) is 4.74 Å². The maximum atomic E-state index is 11.7. The average Bonchev–Trinajstić information content (AvgIpc) is 2.59. The number of aliphatic hydroxyl groups excluding tert-OH is 1. The molecule has 0 amide bonds. The monoisotopic (exact) mass is 234 g/mol. The van der Waals surface area contributed by atoms with Crippen molar-refractivity contribution in [2.24, 2.45) is 5.41 Å². The van der Waals surface area contributed by atoms with Crippen LogP contribution in [0.25, 0.3) is 0 Å². The minimum absolute atomic E-state index is 0.109. The minimum Gasteiger partial charge on any atom is -0.392 e. The Morgan fingerprint density at radius 2 is 2.12 bits per heavy atom. The van der Waals surface area contributed by atoms with Gasteiger partial charge in [-0.3, -0.25) is 4.79 Å². The van der Waals surface area contributed by atoms with E-state index in [1.165, 1.54) is 0 Å². The van der Waals surface area contributed by atoms with Crippen LogP contribution in [0.1, 0.15) is 25.3 Å². The van der Waals surface area contributed by atoms with Crippen LogP contribution in [0, 0.1) is 5.41 Å². The van der Waals surface area contributed by atoms with E-state index in [1.54, 1.807) is 6.92 Å². The third-order valence-corrected chi connectivity index (χ3v) is 3.53. The maximum Gasteiger partial charge on any atom is 0.143 e. The van der Waals surface area contributed by atoms with Gasteiger partial charge in [-0.15, -0.1) is 0 Å². The molecule has 1 aliphatic carbocycles. The van der Waals surface area contributed by atoms with Gasteiger partial charge in [-0.05, 0) is 18.9 Å². The summed E-state index contributed by atoms with van der Waals surface area (Å²) in [6.07, 6.45) is 0.460. The molecule has 92 valence electrons. The lowest BCUT2D eigenvalue weighted by molar-refractivity contribution is -0.133. The molecule has 0 heterocycles. The number of Topliss-reactive ketones (excluding diaryl/α,β-unsaturated/α-hetero) is 1. The molecular formula is C14H18O3. The number of benzene rings is 1. The van der Waals surface area contributed by atoms with E-state index < -0.39 is 11.5 Å². The number of ketones is 1. The third-order valence-electron chi connectivity index (χ3n) is 3.53. The largest absolute Gasteiger partial charge is 0.392 e. The molecule has 17 heavy (non-hydrogen) atoms. The lowest BCUT2D eigenvalue weighted by Gasteiger charge is -2.25. The number of aliphatic hydroxyl groups is 1. The van der Waals surface area contributed by atoms with Gasteiger partial charge < -0.3 is 9.84 Å². The van der Waals surface area contributed by atoms with Crippen molar-refractivity contribution < 1.29 is 14.6 Å². The molecule has 1 N–H and O–H groups in total. The number of hydrogen-bond donors (Lipinski definition) is 1. The Kier molecular flexibility index (Phi) is 3.60. The van der Waals surface area contributed by atoms with Gasteiger partial charge in [0.2, 0.25) is 0 Å². The lowest BCUT2D eigenvalue weighted by Crippen LogP contribution is -2.37. The molecule has 0 saturated heterocycles. The molecule has 2 rings (SSSR count). The summed E-state index contributed by atoms with van der Waals surface area (Å²) in [5.74, 6) is 0.109. The second-order valence-electron chi connectivity index (χ2n) is 4.87. The van der Waals surface area contributed by atoms with Gasteiger partial charge in [0.25, 0.3) is 0 Å². The summed E-state index contributed by atoms with van der Waals surface area (Å²) in [7, 11) is 0. The van der Waals surface area contributed by atoms with Crippen LogP contribution in [0.2, 0.25) is 0 Å². The van der Waals surface area contributed by atoms with Crippen LogP contribution in [-0.2, 0) is 16.1 Å². The predicted molar refractivity (Wildman–Crippen MR) is 64.5 cm³/mol. The van der Waals surface area contributed by atoms with Crippen molar-refractivity contribution in [3.63, 3.8) is 0 Å². The van der Waals surface area contributed by atoms with Crippen LogP contribution in [0.4, 0.5) is 0 Å². The maximum absolute atomic E-state index is 11.7. The lowest BCUT2D eigenvalue weighted by atomic mass is 9.86. The fourth-order valence-corrected chi connectivity index (χ4v) is 2.19. The molecule has 0 aliphatic heterocycles. The van der Waals surface area contributed by atoms with Crippen molar-refractivity contribution in [3.05, 3.63) is 35.9 Å². The number of carbonyl (C=O) groups excluding carboxylic acids is 1. The number of rotatable bonds is 4. The molecule has 1 saturated carbocycles. The molecule has 1 fully saturated rings. The normalized spacial score (nSPS) is 28.6. The van der Waals surface area contributed by atoms with Crippen LogP contribution >= 0.6 is 0 Å². The fourth-order valence-electron chi connectivity index (χ4n) is 2.19. The van der Waals surface area contributed by atoms with E-state index in [0.717, 1.165) is 5.56 Å². The van der Waals surface area contributed by atoms with Crippen LogP contribution < -0.4 is 0 Å². The number of hydrogen-bond acceptors (Lipinski definition) is 3. The molecule has 0 unspecified atom stereocenters. The first-order chi connectivity index (χ1) is 8.13. The zero-order valence-electron chi connectivity index (χ0n) is 10.1. The van der Waals surface area contributed by atoms with Gasteiger partial charge in [0.1, 0.15) is 5.78 Å². The highest BCUT2D eigenvalue weighted by atomic mass is 16.5. The van der Waals surface area contributed by atoms with Crippen LogP contribution in [0.15, 0.2) is 30.3 Å². The zero-order chi connectivity index (χ0) is 12.3. The average molecular weight is 234 g/mol.